The number of carbonyl (C=O) groups excluding carboxylic acids is 1. The molecule has 44 heavy (non-hydrogen) atoms. The van der Waals surface area contributed by atoms with Crippen LogP contribution in [0.4, 0.5) is 10.1 Å². The number of nitrogens with two attached hydrogens (primary N) is 1. The minimum atomic E-state index is -3.90. The van der Waals surface area contributed by atoms with Crippen LogP contribution < -0.4 is 5.73 Å². The fourth-order valence-corrected chi connectivity index (χ4v) is 9.17. The minimum absolute atomic E-state index is 0.0169. The van der Waals surface area contributed by atoms with Crippen molar-refractivity contribution >= 4 is 38.5 Å². The van der Waals surface area contributed by atoms with Crippen LogP contribution in [0.3, 0.4) is 0 Å². The number of thiazole rings is 1. The lowest BCUT2D eigenvalue weighted by Crippen LogP contribution is -2.51. The van der Waals surface area contributed by atoms with Gasteiger partial charge >= 0.3 is 0 Å². The molecule has 2 heterocycles. The Balaban J connectivity index is 1.45. The molecule has 2 atom stereocenters. The van der Waals surface area contributed by atoms with E-state index in [2.05, 4.69) is 30.7 Å². The number of benzene rings is 1. The quantitative estimate of drug-likeness (QED) is 0.326. The number of nitrogens with zero attached hydrogens (tertiary/aromatic N) is 5. The highest BCUT2D eigenvalue weighted by atomic mass is 32.2. The maximum atomic E-state index is 14.7. The predicted molar refractivity (Wildman–Crippen MR) is 169 cm³/mol. The highest BCUT2D eigenvalue weighted by molar-refractivity contribution is 7.89. The number of ketones is 1. The molecule has 0 unspecified atom stereocenters. The number of imidazole rings is 1. The summed E-state index contributed by atoms with van der Waals surface area (Å²) in [6.45, 7) is 6.25. The molecule has 2 saturated carbocycles. The molecule has 1 aromatic carbocycles. The lowest BCUT2D eigenvalue weighted by atomic mass is 9.60. The summed E-state index contributed by atoms with van der Waals surface area (Å²) >= 11 is 1.39. The molecule has 0 radical (unpaired) electrons. The van der Waals surface area contributed by atoms with E-state index in [1.165, 1.54) is 42.2 Å². The molecule has 9 nitrogen and oxygen atoms in total. The first-order chi connectivity index (χ1) is 20.8. The number of halogens is 1. The van der Waals surface area contributed by atoms with E-state index >= 15 is 0 Å². The molecular formula is C32H37FN6O3S2. The number of aliphatic imine (C=N–C) groups is 1. The second-order valence-corrected chi connectivity index (χ2v) is 15.9. The predicted octanol–water partition coefficient (Wildman–Crippen LogP) is 5.83. The highest BCUT2D eigenvalue weighted by Crippen LogP contribution is 2.53. The number of rotatable bonds is 7. The molecule has 0 aliphatic heterocycles. The van der Waals surface area contributed by atoms with Gasteiger partial charge in [0.2, 0.25) is 5.78 Å². The summed E-state index contributed by atoms with van der Waals surface area (Å²) in [6.07, 6.45) is 11.3. The van der Waals surface area contributed by atoms with Crippen molar-refractivity contribution < 1.29 is 17.6 Å². The van der Waals surface area contributed by atoms with Gasteiger partial charge in [0, 0.05) is 36.4 Å². The van der Waals surface area contributed by atoms with Crippen LogP contribution in [0.25, 0.3) is 0 Å². The van der Waals surface area contributed by atoms with Gasteiger partial charge in [-0.05, 0) is 86.1 Å². The van der Waals surface area contributed by atoms with Gasteiger partial charge in [-0.1, -0.05) is 26.3 Å². The van der Waals surface area contributed by atoms with Crippen molar-refractivity contribution in [2.24, 2.45) is 23.2 Å². The number of aromatic nitrogens is 3. The van der Waals surface area contributed by atoms with E-state index in [4.69, 9.17) is 10.7 Å². The average Bonchev–Trinajstić information content (AvgIpc) is 3.46. The van der Waals surface area contributed by atoms with Crippen LogP contribution in [-0.4, -0.2) is 50.8 Å². The second kappa shape index (κ2) is 11.1. The Morgan fingerprint density at radius 3 is 2.50 bits per heavy atom. The van der Waals surface area contributed by atoms with Gasteiger partial charge in [0.1, 0.15) is 5.82 Å². The molecule has 2 N–H and O–H groups in total. The smallest absolute Gasteiger partial charge is 0.262 e. The second-order valence-electron chi connectivity index (χ2n) is 13.0. The molecule has 3 aliphatic carbocycles. The summed E-state index contributed by atoms with van der Waals surface area (Å²) in [5, 5.41) is 0.422. The number of aryl methyl sites for hydroxylation is 1. The highest BCUT2D eigenvalue weighted by Gasteiger charge is 2.54. The number of fused-ring (bicyclic) bond motifs is 1. The largest absolute Gasteiger partial charge is 0.404 e. The van der Waals surface area contributed by atoms with E-state index in [0.29, 0.717) is 41.2 Å². The molecule has 3 aromatic rings. The molecule has 2 aromatic heterocycles. The van der Waals surface area contributed by atoms with Gasteiger partial charge in [-0.3, -0.25) is 4.79 Å². The maximum absolute atomic E-state index is 14.7. The molecule has 2 fully saturated rings. The van der Waals surface area contributed by atoms with Gasteiger partial charge in [0.15, 0.2) is 10.0 Å². The zero-order valence-electron chi connectivity index (χ0n) is 25.3. The van der Waals surface area contributed by atoms with Crippen molar-refractivity contribution in [1.29, 1.82) is 0 Å². The third kappa shape index (κ3) is 5.59. The van der Waals surface area contributed by atoms with Crippen molar-refractivity contribution in [2.75, 3.05) is 0 Å². The molecule has 3 aliphatic rings. The van der Waals surface area contributed by atoms with E-state index in [0.717, 1.165) is 23.3 Å². The molecule has 0 amide bonds. The number of hydrogen-bond acceptors (Lipinski definition) is 8. The Morgan fingerprint density at radius 1 is 1.18 bits per heavy atom. The summed E-state index contributed by atoms with van der Waals surface area (Å²) in [5.41, 5.74) is 7.71. The summed E-state index contributed by atoms with van der Waals surface area (Å²) in [6, 6.07) is 5.36. The van der Waals surface area contributed by atoms with Gasteiger partial charge in [0.25, 0.3) is 10.0 Å². The molecule has 0 saturated heterocycles. The first-order valence-corrected chi connectivity index (χ1v) is 17.1. The third-order valence-electron chi connectivity index (χ3n) is 8.72. The number of hydrogen-bond donors (Lipinski definition) is 1. The Bertz CT molecular complexity index is 1790. The number of sulfonamides is 1. The van der Waals surface area contributed by atoms with Gasteiger partial charge in [-0.15, -0.1) is 11.3 Å². The van der Waals surface area contributed by atoms with Crippen LogP contribution in [0.5, 0.6) is 0 Å². The first kappa shape index (κ1) is 30.5. The van der Waals surface area contributed by atoms with Crippen LogP contribution in [0.2, 0.25) is 0 Å². The number of carbonyl (C=O) groups is 1. The lowest BCUT2D eigenvalue weighted by Gasteiger charge is -2.47. The fraction of sp³-hybridized carbons (Fsp3) is 0.438. The van der Waals surface area contributed by atoms with Crippen molar-refractivity contribution in [1.82, 2.24) is 18.8 Å². The SMILES string of the molecule is Cn1cnc(S(=O)(=O)N(C2CC2)[C@H]2CCC3=CC(=Nc4ccc(F)cc4)/C(=C\N)C[C@]3(C(=O)c3ncc(C(C)(C)C)s3)C2)c1. The molecule has 6 rings (SSSR count). The van der Waals surface area contributed by atoms with Crippen LogP contribution in [-0.2, 0) is 22.5 Å². The van der Waals surface area contributed by atoms with Crippen LogP contribution in [0.1, 0.15) is 74.0 Å². The van der Waals surface area contributed by atoms with Crippen LogP contribution >= 0.6 is 11.3 Å². The van der Waals surface area contributed by atoms with Crippen LogP contribution in [0, 0.1) is 11.2 Å². The Morgan fingerprint density at radius 2 is 1.91 bits per heavy atom. The normalized spacial score (nSPS) is 24.5. The first-order valence-electron chi connectivity index (χ1n) is 14.8. The van der Waals surface area contributed by atoms with Crippen LogP contribution in [0.15, 0.2) is 76.4 Å². The molecule has 232 valence electrons. The molecule has 0 bridgehead atoms. The monoisotopic (exact) mass is 636 g/mol. The maximum Gasteiger partial charge on any atom is 0.262 e. The summed E-state index contributed by atoms with van der Waals surface area (Å²) < 4.78 is 44.8. The number of Topliss-reactive ketones (excluding diaryl/α,β-unsaturated/α-hetero) is 1. The average molecular weight is 637 g/mol. The zero-order chi connectivity index (χ0) is 31.4. The minimum Gasteiger partial charge on any atom is -0.404 e. The molecule has 12 heteroatoms. The Hall–Kier alpha value is -3.48. The van der Waals surface area contributed by atoms with E-state index in [-0.39, 0.29) is 34.5 Å². The van der Waals surface area contributed by atoms with Gasteiger partial charge in [-0.25, -0.2) is 27.8 Å². The summed E-state index contributed by atoms with van der Waals surface area (Å²) in [4.78, 5) is 29.2. The van der Waals surface area contributed by atoms with E-state index in [1.807, 2.05) is 6.08 Å². The Labute approximate surface area is 261 Å². The van der Waals surface area contributed by atoms with Crippen molar-refractivity contribution in [2.45, 2.75) is 81.8 Å². The molecular weight excluding hydrogens is 600 g/mol. The van der Waals surface area contributed by atoms with E-state index in [1.54, 1.807) is 34.2 Å². The van der Waals surface area contributed by atoms with Gasteiger partial charge in [0.05, 0.1) is 23.1 Å². The third-order valence-corrected chi connectivity index (χ3v) is 12.0. The lowest BCUT2D eigenvalue weighted by molar-refractivity contribution is 0.0739. The summed E-state index contributed by atoms with van der Waals surface area (Å²) in [5.74, 6) is -0.479. The van der Waals surface area contributed by atoms with Gasteiger partial charge in [-0.2, -0.15) is 4.31 Å². The standard InChI is InChI=1S/C32H37FN6O3S2/c1-31(2,3)27-17-35-30(43-27)29(40)32-14-20(16-34)26(37-23-8-6-22(33)7-9-23)13-21(32)5-10-25(15-32)39(24-11-12-24)44(41,42)28-18-38(4)19-36-28/h6-9,13,16-19,24-25H,5,10-12,14-15,34H2,1-4H3/b20-16-,37-26?/t25-,32-/m0/s1. The fourth-order valence-electron chi connectivity index (χ4n) is 6.29. The van der Waals surface area contributed by atoms with Gasteiger partial charge < -0.3 is 10.3 Å². The summed E-state index contributed by atoms with van der Waals surface area (Å²) in [7, 11) is -2.15. The van der Waals surface area contributed by atoms with E-state index < -0.39 is 21.5 Å². The van der Waals surface area contributed by atoms with Crippen molar-refractivity contribution in [3.05, 3.63) is 82.1 Å². The zero-order valence-corrected chi connectivity index (χ0v) is 27.0. The van der Waals surface area contributed by atoms with Crippen molar-refractivity contribution in [3.63, 3.8) is 0 Å². The topological polar surface area (TPSA) is 124 Å². The Kier molecular flexibility index (Phi) is 7.74. The number of allylic oxidation sites excluding steroid dienone is 3. The molecule has 0 spiro atoms. The van der Waals surface area contributed by atoms with Crippen molar-refractivity contribution in [3.8, 4) is 0 Å². The van der Waals surface area contributed by atoms with E-state index in [9.17, 15) is 17.6 Å².